The van der Waals surface area contributed by atoms with Crippen molar-refractivity contribution in [1.29, 1.82) is 0 Å². The fourth-order valence-corrected chi connectivity index (χ4v) is 4.91. The summed E-state index contributed by atoms with van der Waals surface area (Å²) < 4.78 is 39.4. The predicted octanol–water partition coefficient (Wildman–Crippen LogP) is 5.26. The van der Waals surface area contributed by atoms with Crippen LogP contribution in [0.5, 0.6) is 11.5 Å². The minimum absolute atomic E-state index is 0.152. The molecular formula is C25H29NO4S. The summed E-state index contributed by atoms with van der Waals surface area (Å²) in [6.07, 6.45) is 0.708. The van der Waals surface area contributed by atoms with Crippen molar-refractivity contribution in [1.82, 2.24) is 4.31 Å². The van der Waals surface area contributed by atoms with E-state index < -0.39 is 10.0 Å². The molecule has 3 rings (SSSR count). The van der Waals surface area contributed by atoms with Gasteiger partial charge >= 0.3 is 0 Å². The lowest BCUT2D eigenvalue weighted by molar-refractivity contribution is 0.303. The van der Waals surface area contributed by atoms with E-state index in [2.05, 4.69) is 0 Å². The molecule has 164 valence electrons. The molecule has 1 atom stereocenters. The van der Waals surface area contributed by atoms with Crippen molar-refractivity contribution < 1.29 is 17.9 Å². The molecule has 0 spiro atoms. The molecule has 0 N–H and O–H groups in total. The first kappa shape index (κ1) is 22.8. The second-order valence-corrected chi connectivity index (χ2v) is 9.30. The van der Waals surface area contributed by atoms with Crippen LogP contribution in [-0.4, -0.2) is 25.9 Å². The van der Waals surface area contributed by atoms with Crippen LogP contribution in [0.1, 0.15) is 31.4 Å². The number of rotatable bonds is 10. The minimum Gasteiger partial charge on any atom is -0.497 e. The Hall–Kier alpha value is -2.83. The molecule has 0 aliphatic carbocycles. The van der Waals surface area contributed by atoms with Crippen LogP contribution in [0, 0.1) is 0 Å². The molecule has 1 unspecified atom stereocenters. The normalized spacial score (nSPS) is 12.5. The lowest BCUT2D eigenvalue weighted by Gasteiger charge is -2.28. The molecule has 0 aromatic heterocycles. The predicted molar refractivity (Wildman–Crippen MR) is 123 cm³/mol. The summed E-state index contributed by atoms with van der Waals surface area (Å²) in [5.41, 5.74) is 1.96. The van der Waals surface area contributed by atoms with E-state index in [-0.39, 0.29) is 17.5 Å². The van der Waals surface area contributed by atoms with Crippen LogP contribution >= 0.6 is 0 Å². The van der Waals surface area contributed by atoms with E-state index in [1.807, 2.05) is 68.4 Å². The van der Waals surface area contributed by atoms with Crippen molar-refractivity contribution in [2.24, 2.45) is 0 Å². The Labute approximate surface area is 185 Å². The summed E-state index contributed by atoms with van der Waals surface area (Å²) in [7, 11) is -2.11. The highest BCUT2D eigenvalue weighted by Crippen LogP contribution is 2.25. The third kappa shape index (κ3) is 5.87. The van der Waals surface area contributed by atoms with Crippen molar-refractivity contribution in [3.05, 3.63) is 90.0 Å². The molecule has 3 aromatic rings. The number of hydrogen-bond acceptors (Lipinski definition) is 4. The van der Waals surface area contributed by atoms with Gasteiger partial charge in [-0.05, 0) is 60.9 Å². The van der Waals surface area contributed by atoms with Gasteiger partial charge in [0.25, 0.3) is 0 Å². The van der Waals surface area contributed by atoms with E-state index in [4.69, 9.17) is 9.47 Å². The van der Waals surface area contributed by atoms with Crippen LogP contribution in [0.15, 0.2) is 83.8 Å². The smallest absolute Gasteiger partial charge is 0.243 e. The zero-order valence-corrected chi connectivity index (χ0v) is 19.0. The minimum atomic E-state index is -3.67. The SMILES string of the molecule is CCC(C)N(Cc1cccc(OCc2ccccc2)c1)S(=O)(=O)c1ccc(OC)cc1. The van der Waals surface area contributed by atoms with E-state index >= 15 is 0 Å². The highest BCUT2D eigenvalue weighted by Gasteiger charge is 2.28. The molecule has 0 aliphatic heterocycles. The van der Waals surface area contributed by atoms with Crippen LogP contribution in [0.25, 0.3) is 0 Å². The number of methoxy groups -OCH3 is 1. The monoisotopic (exact) mass is 439 g/mol. The molecule has 5 nitrogen and oxygen atoms in total. The van der Waals surface area contributed by atoms with E-state index in [1.54, 1.807) is 35.7 Å². The maximum absolute atomic E-state index is 13.4. The van der Waals surface area contributed by atoms with Crippen LogP contribution in [0.3, 0.4) is 0 Å². The fourth-order valence-electron chi connectivity index (χ4n) is 3.22. The second-order valence-electron chi connectivity index (χ2n) is 7.40. The fraction of sp³-hybridized carbons (Fsp3) is 0.280. The van der Waals surface area contributed by atoms with Crippen LogP contribution < -0.4 is 9.47 Å². The summed E-state index contributed by atoms with van der Waals surface area (Å²) in [4.78, 5) is 0.255. The summed E-state index contributed by atoms with van der Waals surface area (Å²) in [6, 6.07) is 23.9. The molecule has 0 bridgehead atoms. The number of ether oxygens (including phenoxy) is 2. The van der Waals surface area contributed by atoms with Gasteiger partial charge in [0.05, 0.1) is 12.0 Å². The van der Waals surface area contributed by atoms with Gasteiger partial charge in [-0.25, -0.2) is 8.42 Å². The van der Waals surface area contributed by atoms with Crippen molar-refractivity contribution >= 4 is 10.0 Å². The van der Waals surface area contributed by atoms with E-state index in [0.717, 1.165) is 11.1 Å². The molecule has 3 aromatic carbocycles. The Bertz CT molecular complexity index is 1070. The Morgan fingerprint density at radius 2 is 1.55 bits per heavy atom. The first-order valence-corrected chi connectivity index (χ1v) is 11.8. The summed E-state index contributed by atoms with van der Waals surface area (Å²) in [6.45, 7) is 4.65. The molecule has 0 saturated heterocycles. The zero-order chi connectivity index (χ0) is 22.3. The quantitative estimate of drug-likeness (QED) is 0.432. The van der Waals surface area contributed by atoms with E-state index in [9.17, 15) is 8.42 Å². The Balaban J connectivity index is 1.80. The molecule has 6 heteroatoms. The summed E-state index contributed by atoms with van der Waals surface area (Å²) in [5.74, 6) is 1.34. The third-order valence-electron chi connectivity index (χ3n) is 5.23. The highest BCUT2D eigenvalue weighted by atomic mass is 32.2. The third-order valence-corrected chi connectivity index (χ3v) is 7.21. The lowest BCUT2D eigenvalue weighted by atomic mass is 10.2. The number of benzene rings is 3. The first-order chi connectivity index (χ1) is 14.9. The van der Waals surface area contributed by atoms with Crippen LogP contribution in [0.4, 0.5) is 0 Å². The topological polar surface area (TPSA) is 55.8 Å². The van der Waals surface area contributed by atoms with Gasteiger partial charge in [-0.2, -0.15) is 4.31 Å². The van der Waals surface area contributed by atoms with Crippen molar-refractivity contribution in [2.75, 3.05) is 7.11 Å². The molecule has 0 radical (unpaired) electrons. The summed E-state index contributed by atoms with van der Waals surface area (Å²) >= 11 is 0. The number of sulfonamides is 1. The zero-order valence-electron chi connectivity index (χ0n) is 18.2. The van der Waals surface area contributed by atoms with Gasteiger partial charge < -0.3 is 9.47 Å². The van der Waals surface area contributed by atoms with Crippen molar-refractivity contribution in [3.63, 3.8) is 0 Å². The molecule has 31 heavy (non-hydrogen) atoms. The van der Waals surface area contributed by atoms with Gasteiger partial charge in [0.2, 0.25) is 10.0 Å². The summed E-state index contributed by atoms with van der Waals surface area (Å²) in [5, 5.41) is 0. The van der Waals surface area contributed by atoms with Crippen LogP contribution in [0.2, 0.25) is 0 Å². The van der Waals surface area contributed by atoms with Gasteiger partial charge in [-0.3, -0.25) is 0 Å². The Morgan fingerprint density at radius 1 is 0.871 bits per heavy atom. The maximum atomic E-state index is 13.4. The number of nitrogens with zero attached hydrogens (tertiary/aromatic N) is 1. The molecule has 0 fully saturated rings. The standard InChI is InChI=1S/C25H29NO4S/c1-4-20(2)26(31(27,28)25-15-13-23(29-3)14-16-25)18-22-11-8-12-24(17-22)30-19-21-9-6-5-7-10-21/h5-17,20H,4,18-19H2,1-3H3. The van der Waals surface area contributed by atoms with E-state index in [0.29, 0.717) is 24.5 Å². The van der Waals surface area contributed by atoms with Gasteiger partial charge in [0.15, 0.2) is 0 Å². The Morgan fingerprint density at radius 3 is 2.19 bits per heavy atom. The lowest BCUT2D eigenvalue weighted by Crippen LogP contribution is -2.37. The highest BCUT2D eigenvalue weighted by molar-refractivity contribution is 7.89. The van der Waals surface area contributed by atoms with Gasteiger partial charge in [0, 0.05) is 12.6 Å². The van der Waals surface area contributed by atoms with Gasteiger partial charge in [-0.1, -0.05) is 49.4 Å². The van der Waals surface area contributed by atoms with E-state index in [1.165, 1.54) is 0 Å². The second kappa shape index (κ2) is 10.5. The molecule has 0 aliphatic rings. The van der Waals surface area contributed by atoms with Gasteiger partial charge in [0.1, 0.15) is 18.1 Å². The average Bonchev–Trinajstić information content (AvgIpc) is 2.81. The van der Waals surface area contributed by atoms with Gasteiger partial charge in [-0.15, -0.1) is 0 Å². The largest absolute Gasteiger partial charge is 0.497 e. The molecular weight excluding hydrogens is 410 g/mol. The molecule has 0 amide bonds. The molecule has 0 heterocycles. The van der Waals surface area contributed by atoms with Crippen LogP contribution in [-0.2, 0) is 23.2 Å². The van der Waals surface area contributed by atoms with Crippen molar-refractivity contribution in [3.8, 4) is 11.5 Å². The maximum Gasteiger partial charge on any atom is 0.243 e. The first-order valence-electron chi connectivity index (χ1n) is 10.4. The number of hydrogen-bond donors (Lipinski definition) is 0. The average molecular weight is 440 g/mol. The van der Waals surface area contributed by atoms with Crippen molar-refractivity contribution in [2.45, 2.75) is 44.4 Å². The molecule has 0 saturated carbocycles. The Kier molecular flexibility index (Phi) is 7.71.